The molecule has 1 fully saturated rings. The molecule has 3 rings (SSSR count). The number of hydrogen-bond acceptors (Lipinski definition) is 2. The summed E-state index contributed by atoms with van der Waals surface area (Å²) in [6.07, 6.45) is 4.81. The van der Waals surface area contributed by atoms with Gasteiger partial charge in [-0.1, -0.05) is 0 Å². The number of rotatable bonds is 1. The van der Waals surface area contributed by atoms with E-state index in [1.54, 1.807) is 10.6 Å². The summed E-state index contributed by atoms with van der Waals surface area (Å²) in [6, 6.07) is 3.92. The van der Waals surface area contributed by atoms with Gasteiger partial charge in [0.15, 0.2) is 0 Å². The van der Waals surface area contributed by atoms with Crippen LogP contribution in [-0.2, 0) is 0 Å². The van der Waals surface area contributed by atoms with Crippen LogP contribution in [-0.4, -0.2) is 22.5 Å². The molecule has 0 aliphatic carbocycles. The van der Waals surface area contributed by atoms with Crippen molar-refractivity contribution < 1.29 is 0 Å². The largest absolute Gasteiger partial charge is 0.329 e. The van der Waals surface area contributed by atoms with Gasteiger partial charge in [-0.05, 0) is 30.7 Å². The van der Waals surface area contributed by atoms with Crippen molar-refractivity contribution in [2.45, 2.75) is 12.3 Å². The van der Waals surface area contributed by atoms with E-state index >= 15 is 0 Å². The van der Waals surface area contributed by atoms with E-state index in [9.17, 15) is 4.79 Å². The van der Waals surface area contributed by atoms with Crippen molar-refractivity contribution in [3.05, 3.63) is 40.6 Å². The Hall–Kier alpha value is -1.55. The number of fused-ring (bicyclic) bond motifs is 1. The molecule has 0 bridgehead atoms. The molecule has 1 atom stereocenters. The number of hydrogen-bond donors (Lipinski definition) is 2. The number of aromatic nitrogens is 2. The molecule has 0 spiro atoms. The van der Waals surface area contributed by atoms with Crippen LogP contribution in [0.15, 0.2) is 29.3 Å². The third-order valence-electron chi connectivity index (χ3n) is 3.11. The second-order valence-corrected chi connectivity index (χ2v) is 4.00. The molecule has 2 N–H and O–H groups in total. The molecule has 1 aliphatic rings. The van der Waals surface area contributed by atoms with E-state index in [0.717, 1.165) is 25.0 Å². The van der Waals surface area contributed by atoms with Gasteiger partial charge in [-0.15, -0.1) is 0 Å². The maximum atomic E-state index is 11.5. The molecular weight excluding hydrogens is 190 g/mol. The summed E-state index contributed by atoms with van der Waals surface area (Å²) in [5.41, 5.74) is 2.21. The monoisotopic (exact) mass is 203 g/mol. The Morgan fingerprint density at radius 3 is 3.20 bits per heavy atom. The highest BCUT2D eigenvalue weighted by Gasteiger charge is 2.19. The Kier molecular flexibility index (Phi) is 1.89. The summed E-state index contributed by atoms with van der Waals surface area (Å²) in [7, 11) is 0. The predicted octanol–water partition coefficient (Wildman–Crippen LogP) is 0.704. The van der Waals surface area contributed by atoms with Crippen LogP contribution in [0.5, 0.6) is 0 Å². The SMILES string of the molecule is O=c1[nH]cc(C2CCNC2)c2cccn12. The molecule has 4 nitrogen and oxygen atoms in total. The third kappa shape index (κ3) is 1.29. The molecule has 0 aromatic carbocycles. The maximum absolute atomic E-state index is 11.5. The fraction of sp³-hybridized carbons (Fsp3) is 0.364. The summed E-state index contributed by atoms with van der Waals surface area (Å²) in [6.45, 7) is 2.07. The number of nitrogens with zero attached hydrogens (tertiary/aromatic N) is 1. The number of aromatic amines is 1. The Bertz CT molecular complexity index is 534. The van der Waals surface area contributed by atoms with Crippen molar-refractivity contribution in [3.8, 4) is 0 Å². The smallest absolute Gasteiger partial charge is 0.316 e. The van der Waals surface area contributed by atoms with Gasteiger partial charge in [-0.25, -0.2) is 4.79 Å². The van der Waals surface area contributed by atoms with Gasteiger partial charge in [-0.2, -0.15) is 0 Å². The van der Waals surface area contributed by atoms with E-state index < -0.39 is 0 Å². The van der Waals surface area contributed by atoms with Crippen molar-refractivity contribution in [2.75, 3.05) is 13.1 Å². The minimum atomic E-state index is -0.0651. The van der Waals surface area contributed by atoms with Gasteiger partial charge in [0.05, 0.1) is 5.52 Å². The zero-order chi connectivity index (χ0) is 10.3. The summed E-state index contributed by atoms with van der Waals surface area (Å²) >= 11 is 0. The fourth-order valence-electron chi connectivity index (χ4n) is 2.32. The minimum Gasteiger partial charge on any atom is -0.316 e. The van der Waals surface area contributed by atoms with E-state index in [-0.39, 0.29) is 5.69 Å². The van der Waals surface area contributed by atoms with Crippen LogP contribution >= 0.6 is 0 Å². The molecular formula is C11H13N3O. The van der Waals surface area contributed by atoms with Gasteiger partial charge in [0.25, 0.3) is 0 Å². The van der Waals surface area contributed by atoms with Crippen LogP contribution < -0.4 is 11.0 Å². The molecule has 0 radical (unpaired) electrons. The third-order valence-corrected chi connectivity index (χ3v) is 3.11. The van der Waals surface area contributed by atoms with Gasteiger partial charge >= 0.3 is 5.69 Å². The predicted molar refractivity (Wildman–Crippen MR) is 58.2 cm³/mol. The van der Waals surface area contributed by atoms with Crippen LogP contribution in [0.25, 0.3) is 5.52 Å². The standard InChI is InChI=1S/C11H13N3O/c15-11-13-7-9(8-3-4-12-6-8)10-2-1-5-14(10)11/h1-2,5,7-8,12H,3-4,6H2,(H,13,15). The van der Waals surface area contributed by atoms with Gasteiger partial charge in [0.1, 0.15) is 0 Å². The molecule has 4 heteroatoms. The highest BCUT2D eigenvalue weighted by molar-refractivity contribution is 5.55. The quantitative estimate of drug-likeness (QED) is 0.717. The lowest BCUT2D eigenvalue weighted by Gasteiger charge is -2.10. The topological polar surface area (TPSA) is 49.3 Å². The lowest BCUT2D eigenvalue weighted by atomic mass is 10.00. The first-order chi connectivity index (χ1) is 7.36. The zero-order valence-electron chi connectivity index (χ0n) is 8.36. The first kappa shape index (κ1) is 8.73. The van der Waals surface area contributed by atoms with Crippen LogP contribution in [0.3, 0.4) is 0 Å². The molecule has 3 heterocycles. The van der Waals surface area contributed by atoms with Crippen molar-refractivity contribution in [1.82, 2.24) is 14.7 Å². The summed E-state index contributed by atoms with van der Waals surface area (Å²) < 4.78 is 1.67. The molecule has 1 unspecified atom stereocenters. The summed E-state index contributed by atoms with van der Waals surface area (Å²) in [5.74, 6) is 0.527. The van der Waals surface area contributed by atoms with Crippen LogP contribution in [0.4, 0.5) is 0 Å². The fourth-order valence-corrected chi connectivity index (χ4v) is 2.32. The molecule has 2 aromatic rings. The van der Waals surface area contributed by atoms with Crippen LogP contribution in [0.2, 0.25) is 0 Å². The highest BCUT2D eigenvalue weighted by Crippen LogP contribution is 2.24. The number of H-pyrrole nitrogens is 1. The van der Waals surface area contributed by atoms with Crippen LogP contribution in [0.1, 0.15) is 17.9 Å². The first-order valence-electron chi connectivity index (χ1n) is 5.25. The lowest BCUT2D eigenvalue weighted by Crippen LogP contribution is -2.17. The normalized spacial score (nSPS) is 21.2. The summed E-state index contributed by atoms with van der Waals surface area (Å²) in [4.78, 5) is 14.3. The minimum absolute atomic E-state index is 0.0651. The molecule has 0 amide bonds. The molecule has 0 saturated carbocycles. The first-order valence-corrected chi connectivity index (χ1v) is 5.25. The Morgan fingerprint density at radius 2 is 2.40 bits per heavy atom. The molecule has 1 aliphatic heterocycles. The molecule has 2 aromatic heterocycles. The van der Waals surface area contributed by atoms with Crippen molar-refractivity contribution >= 4 is 5.52 Å². The van der Waals surface area contributed by atoms with E-state index in [4.69, 9.17) is 0 Å². The van der Waals surface area contributed by atoms with Gasteiger partial charge in [0.2, 0.25) is 0 Å². The average Bonchev–Trinajstić information content (AvgIpc) is 2.88. The molecule has 78 valence electrons. The van der Waals surface area contributed by atoms with Crippen LogP contribution in [0, 0.1) is 0 Å². The van der Waals surface area contributed by atoms with Gasteiger partial charge in [0, 0.05) is 24.9 Å². The average molecular weight is 203 g/mol. The Balaban J connectivity index is 2.22. The Labute approximate surface area is 86.9 Å². The van der Waals surface area contributed by atoms with E-state index in [2.05, 4.69) is 10.3 Å². The molecule has 1 saturated heterocycles. The molecule has 15 heavy (non-hydrogen) atoms. The second kappa shape index (κ2) is 3.24. The van der Waals surface area contributed by atoms with E-state index in [1.165, 1.54) is 5.56 Å². The van der Waals surface area contributed by atoms with Gasteiger partial charge < -0.3 is 10.3 Å². The number of nitrogens with one attached hydrogen (secondary N) is 2. The maximum Gasteiger partial charge on any atom is 0.329 e. The van der Waals surface area contributed by atoms with Crippen molar-refractivity contribution in [1.29, 1.82) is 0 Å². The van der Waals surface area contributed by atoms with Crippen molar-refractivity contribution in [2.24, 2.45) is 0 Å². The van der Waals surface area contributed by atoms with E-state index in [0.29, 0.717) is 5.92 Å². The summed E-state index contributed by atoms with van der Waals surface area (Å²) in [5, 5.41) is 3.34. The second-order valence-electron chi connectivity index (χ2n) is 4.00. The Morgan fingerprint density at radius 1 is 1.47 bits per heavy atom. The highest BCUT2D eigenvalue weighted by atomic mass is 16.1. The van der Waals surface area contributed by atoms with Crippen molar-refractivity contribution in [3.63, 3.8) is 0 Å². The zero-order valence-corrected chi connectivity index (χ0v) is 8.36. The van der Waals surface area contributed by atoms with Gasteiger partial charge in [-0.3, -0.25) is 4.40 Å². The van der Waals surface area contributed by atoms with E-state index in [1.807, 2.05) is 18.3 Å². The lowest BCUT2D eigenvalue weighted by molar-refractivity contribution is 0.755.